The van der Waals surface area contributed by atoms with Crippen LogP contribution < -0.4 is 0 Å². The number of carbonyl (C=O) groups excluding carboxylic acids is 1. The van der Waals surface area contributed by atoms with Crippen molar-refractivity contribution in [2.75, 3.05) is 13.1 Å². The molecule has 2 aliphatic heterocycles. The molecule has 9 heteroatoms. The molecule has 0 bridgehead atoms. The van der Waals surface area contributed by atoms with E-state index in [2.05, 4.69) is 0 Å². The minimum absolute atomic E-state index is 0.0134. The summed E-state index contributed by atoms with van der Waals surface area (Å²) in [6, 6.07) is 14.3. The van der Waals surface area contributed by atoms with E-state index in [9.17, 15) is 23.3 Å². The SMILES string of the molecule is Cc1ccc(S(=O)(=O)n2c3c(c4ccccc42)CCN2C(=O)CC4[C@@H](C[N+](=O)[O-])[C@H](C)CC342)cc1. The summed E-state index contributed by atoms with van der Waals surface area (Å²) < 4.78 is 29.9. The molecule has 2 unspecified atom stereocenters. The van der Waals surface area contributed by atoms with E-state index in [1.807, 2.05) is 43.0 Å². The first kappa shape index (κ1) is 22.3. The molecule has 1 aromatic heterocycles. The van der Waals surface area contributed by atoms with Gasteiger partial charge in [0.1, 0.15) is 0 Å². The van der Waals surface area contributed by atoms with E-state index in [0.29, 0.717) is 30.6 Å². The number of amides is 1. The molecular weight excluding hydrogens is 466 g/mol. The number of aromatic nitrogens is 1. The van der Waals surface area contributed by atoms with Crippen LogP contribution in [0.5, 0.6) is 0 Å². The van der Waals surface area contributed by atoms with Gasteiger partial charge in [0.25, 0.3) is 10.0 Å². The number of carbonyl (C=O) groups is 1. The Bertz CT molecular complexity index is 1490. The number of nitro groups is 1. The molecular formula is C26H27N3O5S. The summed E-state index contributed by atoms with van der Waals surface area (Å²) in [6.45, 7) is 4.19. The lowest BCUT2D eigenvalue weighted by atomic mass is 9.77. The van der Waals surface area contributed by atoms with Gasteiger partial charge in [-0.15, -0.1) is 0 Å². The Hall–Kier alpha value is -3.20. The summed E-state index contributed by atoms with van der Waals surface area (Å²) in [7, 11) is -3.99. The maximum atomic E-state index is 14.2. The van der Waals surface area contributed by atoms with Crippen molar-refractivity contribution < 1.29 is 18.1 Å². The van der Waals surface area contributed by atoms with Gasteiger partial charge in [-0.25, -0.2) is 12.4 Å². The maximum Gasteiger partial charge on any atom is 0.268 e. The van der Waals surface area contributed by atoms with Crippen LogP contribution in [0.4, 0.5) is 0 Å². The quantitative estimate of drug-likeness (QED) is 0.407. The van der Waals surface area contributed by atoms with E-state index in [0.717, 1.165) is 16.5 Å². The second kappa shape index (κ2) is 7.40. The fraction of sp³-hybridized carbons (Fsp3) is 0.423. The number of aryl methyl sites for hydroxylation is 1. The monoisotopic (exact) mass is 493 g/mol. The summed E-state index contributed by atoms with van der Waals surface area (Å²) in [6.07, 6.45) is 1.30. The van der Waals surface area contributed by atoms with Crippen LogP contribution in [0.25, 0.3) is 10.9 Å². The third-order valence-corrected chi connectivity index (χ3v) is 10.3. The second-order valence-electron chi connectivity index (χ2n) is 10.3. The maximum absolute atomic E-state index is 14.2. The first-order valence-corrected chi connectivity index (χ1v) is 13.5. The lowest BCUT2D eigenvalue weighted by molar-refractivity contribution is -0.491. The molecule has 2 aromatic carbocycles. The van der Waals surface area contributed by atoms with Gasteiger partial charge in [0, 0.05) is 35.1 Å². The molecule has 1 amide bonds. The number of fused-ring (bicyclic) bond motifs is 3. The van der Waals surface area contributed by atoms with Crippen molar-refractivity contribution in [3.05, 3.63) is 75.5 Å². The fourth-order valence-corrected chi connectivity index (χ4v) is 8.77. The molecule has 1 aliphatic carbocycles. The zero-order valence-corrected chi connectivity index (χ0v) is 20.5. The summed E-state index contributed by atoms with van der Waals surface area (Å²) >= 11 is 0. The molecule has 4 atom stereocenters. The lowest BCUT2D eigenvalue weighted by Crippen LogP contribution is -2.51. The minimum Gasteiger partial charge on any atom is -0.331 e. The zero-order chi connectivity index (χ0) is 24.7. The number of benzene rings is 2. The lowest BCUT2D eigenvalue weighted by Gasteiger charge is -2.44. The fourth-order valence-electron chi connectivity index (χ4n) is 7.16. The summed E-state index contributed by atoms with van der Waals surface area (Å²) in [5.41, 5.74) is 2.28. The van der Waals surface area contributed by atoms with Crippen molar-refractivity contribution in [1.82, 2.24) is 8.87 Å². The van der Waals surface area contributed by atoms with Gasteiger partial charge in [-0.05, 0) is 49.4 Å². The summed E-state index contributed by atoms with van der Waals surface area (Å²) in [5.74, 6) is -0.643. The van der Waals surface area contributed by atoms with Crippen LogP contribution in [0.3, 0.4) is 0 Å². The molecule has 182 valence electrons. The average molecular weight is 494 g/mol. The summed E-state index contributed by atoms with van der Waals surface area (Å²) in [4.78, 5) is 26.5. The largest absolute Gasteiger partial charge is 0.331 e. The molecule has 1 spiro atoms. The van der Waals surface area contributed by atoms with E-state index in [-0.39, 0.29) is 46.4 Å². The first-order chi connectivity index (χ1) is 16.7. The number of para-hydroxylation sites is 1. The van der Waals surface area contributed by atoms with Gasteiger partial charge in [-0.1, -0.05) is 42.8 Å². The zero-order valence-electron chi connectivity index (χ0n) is 19.7. The molecule has 6 rings (SSSR count). The summed E-state index contributed by atoms with van der Waals surface area (Å²) in [5, 5.41) is 12.4. The van der Waals surface area contributed by atoms with Crippen molar-refractivity contribution in [2.45, 2.75) is 43.5 Å². The Morgan fingerprint density at radius 2 is 1.86 bits per heavy atom. The standard InChI is InChI=1S/C26H27N3O5S/c1-16-7-9-18(10-8-16)35(33,34)29-23-6-4-3-5-19(23)20-11-12-27-24(30)13-22-21(15-28(31)32)17(2)14-26(22,27)25(20)29/h3-10,17,21-22H,11-15H2,1-2H3/t17-,21+,22?,26?/m1/s1. The Labute approximate surface area is 203 Å². The van der Waals surface area contributed by atoms with Gasteiger partial charge in [-0.2, -0.15) is 0 Å². The molecule has 1 saturated heterocycles. The highest BCUT2D eigenvalue weighted by Crippen LogP contribution is 2.62. The van der Waals surface area contributed by atoms with Gasteiger partial charge in [0.05, 0.1) is 21.6 Å². The van der Waals surface area contributed by atoms with E-state index < -0.39 is 15.6 Å². The van der Waals surface area contributed by atoms with E-state index in [4.69, 9.17) is 0 Å². The Morgan fingerprint density at radius 3 is 2.57 bits per heavy atom. The van der Waals surface area contributed by atoms with Crippen molar-refractivity contribution in [1.29, 1.82) is 0 Å². The van der Waals surface area contributed by atoms with Crippen LogP contribution in [-0.4, -0.2) is 41.2 Å². The molecule has 8 nitrogen and oxygen atoms in total. The van der Waals surface area contributed by atoms with Crippen molar-refractivity contribution in [3.8, 4) is 0 Å². The molecule has 3 heterocycles. The molecule has 3 aromatic rings. The van der Waals surface area contributed by atoms with Gasteiger partial charge in [-0.3, -0.25) is 14.9 Å². The molecule has 1 saturated carbocycles. The first-order valence-electron chi connectivity index (χ1n) is 12.0. The topological polar surface area (TPSA) is 103 Å². The number of hydrogen-bond donors (Lipinski definition) is 0. The van der Waals surface area contributed by atoms with Crippen LogP contribution in [0.2, 0.25) is 0 Å². The third kappa shape index (κ3) is 2.90. The number of rotatable bonds is 4. The van der Waals surface area contributed by atoms with E-state index in [1.54, 1.807) is 24.3 Å². The normalized spacial score (nSPS) is 27.7. The molecule has 0 N–H and O–H groups in total. The molecule has 2 fully saturated rings. The van der Waals surface area contributed by atoms with E-state index in [1.165, 1.54) is 3.97 Å². The smallest absolute Gasteiger partial charge is 0.268 e. The van der Waals surface area contributed by atoms with Gasteiger partial charge >= 0.3 is 0 Å². The number of hydrogen-bond acceptors (Lipinski definition) is 5. The predicted molar refractivity (Wildman–Crippen MR) is 130 cm³/mol. The average Bonchev–Trinajstić information content (AvgIpc) is 3.39. The third-order valence-electron chi connectivity index (χ3n) is 8.52. The molecule has 3 aliphatic rings. The Kier molecular flexibility index (Phi) is 4.71. The van der Waals surface area contributed by atoms with Gasteiger partial charge in [0.15, 0.2) is 0 Å². The van der Waals surface area contributed by atoms with Crippen LogP contribution in [0.15, 0.2) is 53.4 Å². The van der Waals surface area contributed by atoms with Gasteiger partial charge < -0.3 is 4.90 Å². The highest BCUT2D eigenvalue weighted by molar-refractivity contribution is 7.90. The van der Waals surface area contributed by atoms with Crippen molar-refractivity contribution in [2.24, 2.45) is 17.8 Å². The van der Waals surface area contributed by atoms with Crippen molar-refractivity contribution >= 4 is 26.8 Å². The van der Waals surface area contributed by atoms with Crippen LogP contribution in [0.1, 0.15) is 36.6 Å². The highest BCUT2D eigenvalue weighted by atomic mass is 32.2. The predicted octanol–water partition coefficient (Wildman–Crippen LogP) is 3.72. The van der Waals surface area contributed by atoms with Crippen LogP contribution >= 0.6 is 0 Å². The van der Waals surface area contributed by atoms with Gasteiger partial charge in [0.2, 0.25) is 12.5 Å². The second-order valence-corrected chi connectivity index (χ2v) is 12.1. The minimum atomic E-state index is -3.99. The molecule has 0 radical (unpaired) electrons. The Balaban J connectivity index is 1.68. The van der Waals surface area contributed by atoms with Crippen LogP contribution in [0, 0.1) is 34.8 Å². The van der Waals surface area contributed by atoms with E-state index >= 15 is 0 Å². The molecule has 35 heavy (non-hydrogen) atoms. The number of nitrogens with zero attached hydrogens (tertiary/aromatic N) is 3. The highest BCUT2D eigenvalue weighted by Gasteiger charge is 2.66. The van der Waals surface area contributed by atoms with Crippen molar-refractivity contribution in [3.63, 3.8) is 0 Å². The Morgan fingerprint density at radius 1 is 1.14 bits per heavy atom. The van der Waals surface area contributed by atoms with Crippen LogP contribution in [-0.2, 0) is 26.8 Å².